The van der Waals surface area contributed by atoms with Gasteiger partial charge in [-0.25, -0.2) is 5.48 Å². The Morgan fingerprint density at radius 1 is 1.16 bits per heavy atom. The van der Waals surface area contributed by atoms with Gasteiger partial charge in [-0.15, -0.1) is 0 Å². The van der Waals surface area contributed by atoms with Gasteiger partial charge in [0.2, 0.25) is 0 Å². The summed E-state index contributed by atoms with van der Waals surface area (Å²) in [5.41, 5.74) is 4.12. The predicted octanol–water partition coefficient (Wildman–Crippen LogP) is 2.56. The topological polar surface area (TPSA) is 58.6 Å². The molecule has 0 heterocycles. The number of benzene rings is 2. The molecule has 0 bridgehead atoms. The average molecular weight is 257 g/mol. The van der Waals surface area contributed by atoms with E-state index < -0.39 is 5.91 Å². The van der Waals surface area contributed by atoms with E-state index >= 15 is 0 Å². The van der Waals surface area contributed by atoms with Gasteiger partial charge in [-0.2, -0.15) is 0 Å². The van der Waals surface area contributed by atoms with Crippen LogP contribution in [0.3, 0.4) is 0 Å². The fraction of sp³-hybridized carbons (Fsp3) is 0.133. The number of carbonyl (C=O) groups is 1. The third kappa shape index (κ3) is 3.33. The van der Waals surface area contributed by atoms with E-state index in [-0.39, 0.29) is 17.9 Å². The SMILES string of the molecule is Cc1cccc(C(=O)NOCc2ccccc2)c1O. The Bertz CT molecular complexity index is 567. The zero-order chi connectivity index (χ0) is 13.7. The van der Waals surface area contributed by atoms with Crippen LogP contribution in [0.1, 0.15) is 21.5 Å². The number of rotatable bonds is 4. The van der Waals surface area contributed by atoms with Crippen LogP contribution in [-0.2, 0) is 11.4 Å². The smallest absolute Gasteiger partial charge is 0.278 e. The lowest BCUT2D eigenvalue weighted by atomic mass is 10.1. The van der Waals surface area contributed by atoms with E-state index in [2.05, 4.69) is 5.48 Å². The number of aryl methyl sites for hydroxylation is 1. The van der Waals surface area contributed by atoms with Crippen molar-refractivity contribution in [3.8, 4) is 5.75 Å². The summed E-state index contributed by atoms with van der Waals surface area (Å²) in [5.74, 6) is -0.486. The molecule has 4 nitrogen and oxygen atoms in total. The molecule has 4 heteroatoms. The molecule has 0 aliphatic rings. The molecule has 2 N–H and O–H groups in total. The molecule has 0 aromatic heterocycles. The van der Waals surface area contributed by atoms with Crippen molar-refractivity contribution in [1.82, 2.24) is 5.48 Å². The van der Waals surface area contributed by atoms with E-state index in [9.17, 15) is 9.90 Å². The van der Waals surface area contributed by atoms with E-state index in [4.69, 9.17) is 4.84 Å². The number of carbonyl (C=O) groups excluding carboxylic acids is 1. The van der Waals surface area contributed by atoms with Crippen LogP contribution < -0.4 is 5.48 Å². The van der Waals surface area contributed by atoms with Crippen molar-refractivity contribution in [3.63, 3.8) is 0 Å². The summed E-state index contributed by atoms with van der Waals surface area (Å²) in [4.78, 5) is 16.9. The number of hydrogen-bond acceptors (Lipinski definition) is 3. The number of phenols is 1. The van der Waals surface area contributed by atoms with Crippen LogP contribution in [0.4, 0.5) is 0 Å². The summed E-state index contributed by atoms with van der Waals surface area (Å²) >= 11 is 0. The van der Waals surface area contributed by atoms with Gasteiger partial charge in [0.15, 0.2) is 0 Å². The van der Waals surface area contributed by atoms with Gasteiger partial charge in [0.05, 0.1) is 12.2 Å². The van der Waals surface area contributed by atoms with E-state index in [1.54, 1.807) is 25.1 Å². The van der Waals surface area contributed by atoms with Gasteiger partial charge < -0.3 is 5.11 Å². The first-order valence-electron chi connectivity index (χ1n) is 5.93. The number of para-hydroxylation sites is 1. The lowest BCUT2D eigenvalue weighted by Crippen LogP contribution is -2.23. The molecule has 0 radical (unpaired) electrons. The van der Waals surface area contributed by atoms with E-state index in [1.165, 1.54) is 0 Å². The Morgan fingerprint density at radius 3 is 2.63 bits per heavy atom. The van der Waals surface area contributed by atoms with Crippen molar-refractivity contribution >= 4 is 5.91 Å². The number of nitrogens with one attached hydrogen (secondary N) is 1. The molecule has 0 saturated heterocycles. The molecular formula is C15H15NO3. The van der Waals surface area contributed by atoms with Crippen molar-refractivity contribution in [2.45, 2.75) is 13.5 Å². The Kier molecular flexibility index (Phi) is 4.15. The van der Waals surface area contributed by atoms with Crippen LogP contribution in [-0.4, -0.2) is 11.0 Å². The summed E-state index contributed by atoms with van der Waals surface area (Å²) in [6.07, 6.45) is 0. The summed E-state index contributed by atoms with van der Waals surface area (Å²) in [5, 5.41) is 9.77. The highest BCUT2D eigenvalue weighted by Crippen LogP contribution is 2.21. The minimum Gasteiger partial charge on any atom is -0.507 e. The molecule has 2 aromatic carbocycles. The van der Waals surface area contributed by atoms with Crippen LogP contribution >= 0.6 is 0 Å². The highest BCUT2D eigenvalue weighted by Gasteiger charge is 2.12. The van der Waals surface area contributed by atoms with Gasteiger partial charge in [0.25, 0.3) is 5.91 Å². The molecule has 0 saturated carbocycles. The molecule has 0 atom stereocenters. The Morgan fingerprint density at radius 2 is 1.89 bits per heavy atom. The minimum atomic E-state index is -0.461. The molecular weight excluding hydrogens is 242 g/mol. The molecule has 2 rings (SSSR count). The molecule has 2 aromatic rings. The molecule has 0 aliphatic heterocycles. The van der Waals surface area contributed by atoms with Gasteiger partial charge in [-0.3, -0.25) is 9.63 Å². The van der Waals surface area contributed by atoms with Gasteiger partial charge in [-0.05, 0) is 24.1 Å². The summed E-state index contributed by atoms with van der Waals surface area (Å²) in [7, 11) is 0. The number of amides is 1. The monoisotopic (exact) mass is 257 g/mol. The maximum Gasteiger partial charge on any atom is 0.278 e. The highest BCUT2D eigenvalue weighted by atomic mass is 16.6. The highest BCUT2D eigenvalue weighted by molar-refractivity contribution is 5.96. The van der Waals surface area contributed by atoms with Crippen LogP contribution in [0, 0.1) is 6.92 Å². The molecule has 0 aliphatic carbocycles. The quantitative estimate of drug-likeness (QED) is 0.828. The number of hydroxylamine groups is 1. The summed E-state index contributed by atoms with van der Waals surface area (Å²) < 4.78 is 0. The molecule has 1 amide bonds. The average Bonchev–Trinajstić information content (AvgIpc) is 2.43. The molecule has 0 fully saturated rings. The van der Waals surface area contributed by atoms with Crippen molar-refractivity contribution in [3.05, 3.63) is 65.2 Å². The van der Waals surface area contributed by atoms with Crippen LogP contribution in [0.15, 0.2) is 48.5 Å². The summed E-state index contributed by atoms with van der Waals surface area (Å²) in [6.45, 7) is 2.01. The second-order valence-corrected chi connectivity index (χ2v) is 4.18. The second-order valence-electron chi connectivity index (χ2n) is 4.18. The largest absolute Gasteiger partial charge is 0.507 e. The molecule has 0 spiro atoms. The van der Waals surface area contributed by atoms with Crippen molar-refractivity contribution in [2.24, 2.45) is 0 Å². The van der Waals surface area contributed by atoms with E-state index in [0.29, 0.717) is 5.56 Å². The van der Waals surface area contributed by atoms with E-state index in [0.717, 1.165) is 5.56 Å². The van der Waals surface area contributed by atoms with Crippen LogP contribution in [0.5, 0.6) is 5.75 Å². The lowest BCUT2D eigenvalue weighted by Gasteiger charge is -2.08. The molecule has 98 valence electrons. The zero-order valence-electron chi connectivity index (χ0n) is 10.6. The van der Waals surface area contributed by atoms with Crippen LogP contribution in [0.25, 0.3) is 0 Å². The predicted molar refractivity (Wildman–Crippen MR) is 71.5 cm³/mol. The lowest BCUT2D eigenvalue weighted by molar-refractivity contribution is 0.0231. The number of hydrogen-bond donors (Lipinski definition) is 2. The molecule has 0 unspecified atom stereocenters. The Labute approximate surface area is 111 Å². The zero-order valence-corrected chi connectivity index (χ0v) is 10.6. The van der Waals surface area contributed by atoms with Crippen molar-refractivity contribution < 1.29 is 14.7 Å². The van der Waals surface area contributed by atoms with Gasteiger partial charge in [-0.1, -0.05) is 42.5 Å². The first-order chi connectivity index (χ1) is 9.18. The second kappa shape index (κ2) is 6.02. The standard InChI is InChI=1S/C15H15NO3/c1-11-6-5-9-13(14(11)17)15(18)16-19-10-12-7-3-2-4-8-12/h2-9,17H,10H2,1H3,(H,16,18). The van der Waals surface area contributed by atoms with E-state index in [1.807, 2.05) is 30.3 Å². The maximum atomic E-state index is 11.8. The maximum absolute atomic E-state index is 11.8. The third-order valence-electron chi connectivity index (χ3n) is 2.73. The van der Waals surface area contributed by atoms with Crippen molar-refractivity contribution in [1.29, 1.82) is 0 Å². The van der Waals surface area contributed by atoms with Crippen LogP contribution in [0.2, 0.25) is 0 Å². The molecule has 19 heavy (non-hydrogen) atoms. The fourth-order valence-corrected chi connectivity index (χ4v) is 1.66. The Hall–Kier alpha value is -2.33. The van der Waals surface area contributed by atoms with Gasteiger partial charge >= 0.3 is 0 Å². The summed E-state index contributed by atoms with van der Waals surface area (Å²) in [6, 6.07) is 14.5. The van der Waals surface area contributed by atoms with Gasteiger partial charge in [0, 0.05) is 0 Å². The first-order valence-corrected chi connectivity index (χ1v) is 5.93. The normalized spacial score (nSPS) is 10.2. The van der Waals surface area contributed by atoms with Crippen molar-refractivity contribution in [2.75, 3.05) is 0 Å². The van der Waals surface area contributed by atoms with Gasteiger partial charge in [0.1, 0.15) is 5.75 Å². The number of phenolic OH excluding ortho intramolecular Hbond substituents is 1. The Balaban J connectivity index is 1.93. The number of aromatic hydroxyl groups is 1. The first kappa shape index (κ1) is 13.1. The fourth-order valence-electron chi connectivity index (χ4n) is 1.66. The third-order valence-corrected chi connectivity index (χ3v) is 2.73. The minimum absolute atomic E-state index is 0.0247.